The molecule has 3 aromatic rings. The summed E-state index contributed by atoms with van der Waals surface area (Å²) < 4.78 is 40.6. The highest BCUT2D eigenvalue weighted by Crippen LogP contribution is 2.41. The normalized spacial score (nSPS) is 18.2. The molecule has 2 N–H and O–H groups in total. The SMILES string of the molecule is C[C@H](Oc1cccnc1)C(=O)N1N=C(c2cc(F)ccc2F)OC1(CCCN)c1ccccc1. The van der Waals surface area contributed by atoms with E-state index in [9.17, 15) is 13.6 Å². The molecule has 9 heteroatoms. The van der Waals surface area contributed by atoms with E-state index in [1.807, 2.05) is 6.07 Å². The van der Waals surface area contributed by atoms with Gasteiger partial charge in [0.15, 0.2) is 6.10 Å². The first-order valence-corrected chi connectivity index (χ1v) is 10.8. The second-order valence-corrected chi connectivity index (χ2v) is 7.77. The van der Waals surface area contributed by atoms with Gasteiger partial charge in [-0.05, 0) is 50.2 Å². The third kappa shape index (κ3) is 4.60. The predicted octanol–water partition coefficient (Wildman–Crippen LogP) is 3.94. The van der Waals surface area contributed by atoms with E-state index >= 15 is 0 Å². The van der Waals surface area contributed by atoms with Gasteiger partial charge in [-0.2, -0.15) is 5.01 Å². The summed E-state index contributed by atoms with van der Waals surface area (Å²) in [6.45, 7) is 1.90. The summed E-state index contributed by atoms with van der Waals surface area (Å²) >= 11 is 0. The van der Waals surface area contributed by atoms with Crippen molar-refractivity contribution in [3.05, 3.63) is 95.8 Å². The Bertz CT molecular complexity index is 1180. The number of carbonyl (C=O) groups is 1. The fraction of sp³-hybridized carbons (Fsp3) is 0.240. The first-order valence-electron chi connectivity index (χ1n) is 10.8. The number of nitrogens with two attached hydrogens (primary N) is 1. The quantitative estimate of drug-likeness (QED) is 0.543. The molecule has 2 aromatic carbocycles. The molecule has 0 aliphatic carbocycles. The second-order valence-electron chi connectivity index (χ2n) is 7.77. The molecule has 2 heterocycles. The number of hydrazone groups is 1. The minimum atomic E-state index is -1.42. The number of benzene rings is 2. The number of pyridine rings is 1. The summed E-state index contributed by atoms with van der Waals surface area (Å²) in [6, 6.07) is 15.3. The zero-order valence-electron chi connectivity index (χ0n) is 18.5. The molecule has 4 rings (SSSR count). The van der Waals surface area contributed by atoms with E-state index in [1.54, 1.807) is 49.5 Å². The van der Waals surface area contributed by atoms with Gasteiger partial charge in [-0.3, -0.25) is 9.78 Å². The number of amides is 1. The van der Waals surface area contributed by atoms with Crippen molar-refractivity contribution in [3.63, 3.8) is 0 Å². The lowest BCUT2D eigenvalue weighted by Crippen LogP contribution is -2.49. The average Bonchev–Trinajstić information content (AvgIpc) is 3.25. The van der Waals surface area contributed by atoms with Crippen LogP contribution in [-0.2, 0) is 15.3 Å². The Morgan fingerprint density at radius 1 is 1.18 bits per heavy atom. The van der Waals surface area contributed by atoms with Crippen LogP contribution in [0.4, 0.5) is 8.78 Å². The Kier molecular flexibility index (Phi) is 6.83. The number of hydrogen-bond acceptors (Lipinski definition) is 6. The van der Waals surface area contributed by atoms with E-state index < -0.39 is 29.4 Å². The zero-order valence-corrected chi connectivity index (χ0v) is 18.5. The van der Waals surface area contributed by atoms with Gasteiger partial charge in [-0.15, -0.1) is 5.10 Å². The molecule has 0 fully saturated rings. The van der Waals surface area contributed by atoms with Crippen molar-refractivity contribution in [1.82, 2.24) is 9.99 Å². The first kappa shape index (κ1) is 23.3. The van der Waals surface area contributed by atoms with Gasteiger partial charge in [0, 0.05) is 18.2 Å². The third-order valence-electron chi connectivity index (χ3n) is 5.41. The lowest BCUT2D eigenvalue weighted by atomic mass is 9.96. The molecular weight excluding hydrogens is 442 g/mol. The Morgan fingerprint density at radius 2 is 1.97 bits per heavy atom. The maximum absolute atomic E-state index is 14.6. The van der Waals surface area contributed by atoms with E-state index in [1.165, 1.54) is 6.20 Å². The third-order valence-corrected chi connectivity index (χ3v) is 5.41. The highest BCUT2D eigenvalue weighted by Gasteiger charge is 2.51. The largest absolute Gasteiger partial charge is 0.479 e. The number of hydrogen-bond donors (Lipinski definition) is 1. The molecule has 1 unspecified atom stereocenters. The van der Waals surface area contributed by atoms with Gasteiger partial charge in [0.2, 0.25) is 11.6 Å². The molecular formula is C25H24F2N4O3. The van der Waals surface area contributed by atoms with Gasteiger partial charge in [0.05, 0.1) is 11.8 Å². The van der Waals surface area contributed by atoms with Crippen LogP contribution in [0, 0.1) is 11.6 Å². The highest BCUT2D eigenvalue weighted by molar-refractivity contribution is 5.97. The lowest BCUT2D eigenvalue weighted by Gasteiger charge is -2.36. The van der Waals surface area contributed by atoms with E-state index in [0.717, 1.165) is 23.2 Å². The summed E-state index contributed by atoms with van der Waals surface area (Å²) in [6.07, 6.45) is 2.84. The van der Waals surface area contributed by atoms with Gasteiger partial charge in [0.25, 0.3) is 5.91 Å². The van der Waals surface area contributed by atoms with Crippen molar-refractivity contribution < 1.29 is 23.0 Å². The topological polar surface area (TPSA) is 90.0 Å². The number of aromatic nitrogens is 1. The molecule has 0 spiro atoms. The standard InChI is InChI=1S/C25H24F2N4O3/c1-17(33-20-9-5-14-29-16-20)24(32)31-25(12-6-13-28,18-7-3-2-4-8-18)34-23(30-31)21-15-19(26)10-11-22(21)27/h2-5,7-11,14-17H,6,12-13,28H2,1H3/t17-,25?/m0/s1. The monoisotopic (exact) mass is 466 g/mol. The van der Waals surface area contributed by atoms with Gasteiger partial charge >= 0.3 is 0 Å². The molecule has 1 amide bonds. The van der Waals surface area contributed by atoms with Crippen molar-refractivity contribution >= 4 is 11.8 Å². The van der Waals surface area contributed by atoms with E-state index in [4.69, 9.17) is 15.2 Å². The summed E-state index contributed by atoms with van der Waals surface area (Å²) in [7, 11) is 0. The molecule has 7 nitrogen and oxygen atoms in total. The van der Waals surface area contributed by atoms with Crippen LogP contribution in [0.1, 0.15) is 30.9 Å². The molecule has 1 aromatic heterocycles. The van der Waals surface area contributed by atoms with Crippen LogP contribution in [-0.4, -0.2) is 34.4 Å². The van der Waals surface area contributed by atoms with E-state index in [-0.39, 0.29) is 17.9 Å². The summed E-state index contributed by atoms with van der Waals surface area (Å²) in [5, 5.41) is 5.49. The van der Waals surface area contributed by atoms with E-state index in [2.05, 4.69) is 10.1 Å². The molecule has 1 aliphatic heterocycles. The van der Waals surface area contributed by atoms with E-state index in [0.29, 0.717) is 24.3 Å². The van der Waals surface area contributed by atoms with Crippen LogP contribution in [0.5, 0.6) is 5.75 Å². The number of nitrogens with zero attached hydrogens (tertiary/aromatic N) is 3. The van der Waals surface area contributed by atoms with Crippen LogP contribution < -0.4 is 10.5 Å². The van der Waals surface area contributed by atoms with Gasteiger partial charge in [-0.25, -0.2) is 8.78 Å². The maximum Gasteiger partial charge on any atom is 0.287 e. The second kappa shape index (κ2) is 9.96. The highest BCUT2D eigenvalue weighted by atomic mass is 19.1. The molecule has 0 bridgehead atoms. The van der Waals surface area contributed by atoms with Crippen LogP contribution in [0.3, 0.4) is 0 Å². The van der Waals surface area contributed by atoms with Crippen molar-refractivity contribution in [2.24, 2.45) is 10.8 Å². The fourth-order valence-electron chi connectivity index (χ4n) is 3.76. The first-order chi connectivity index (χ1) is 16.4. The summed E-state index contributed by atoms with van der Waals surface area (Å²) in [5.41, 5.74) is 4.78. The van der Waals surface area contributed by atoms with Crippen LogP contribution >= 0.6 is 0 Å². The Hall–Kier alpha value is -3.85. The Morgan fingerprint density at radius 3 is 2.68 bits per heavy atom. The maximum atomic E-state index is 14.6. The minimum Gasteiger partial charge on any atom is -0.479 e. The smallest absolute Gasteiger partial charge is 0.287 e. The van der Waals surface area contributed by atoms with Crippen LogP contribution in [0.2, 0.25) is 0 Å². The molecule has 0 radical (unpaired) electrons. The summed E-state index contributed by atoms with van der Waals surface area (Å²) in [4.78, 5) is 17.6. The Labute approximate surface area is 195 Å². The fourth-order valence-corrected chi connectivity index (χ4v) is 3.76. The van der Waals surface area contributed by atoms with Crippen molar-refractivity contribution in [2.75, 3.05) is 6.54 Å². The van der Waals surface area contributed by atoms with Gasteiger partial charge in [-0.1, -0.05) is 30.3 Å². The average molecular weight is 466 g/mol. The molecule has 0 saturated heterocycles. The van der Waals surface area contributed by atoms with Crippen molar-refractivity contribution in [2.45, 2.75) is 31.6 Å². The molecule has 176 valence electrons. The molecule has 0 saturated carbocycles. The molecule has 2 atom stereocenters. The van der Waals surface area contributed by atoms with Gasteiger partial charge in [0.1, 0.15) is 17.4 Å². The molecule has 34 heavy (non-hydrogen) atoms. The van der Waals surface area contributed by atoms with Crippen LogP contribution in [0.15, 0.2) is 78.2 Å². The number of halogens is 2. The number of ether oxygens (including phenoxy) is 2. The lowest BCUT2D eigenvalue weighted by molar-refractivity contribution is -0.159. The van der Waals surface area contributed by atoms with Gasteiger partial charge < -0.3 is 15.2 Å². The van der Waals surface area contributed by atoms with Crippen LogP contribution in [0.25, 0.3) is 0 Å². The predicted molar refractivity (Wildman–Crippen MR) is 122 cm³/mol. The number of rotatable bonds is 8. The van der Waals surface area contributed by atoms with Crippen molar-refractivity contribution in [3.8, 4) is 5.75 Å². The summed E-state index contributed by atoms with van der Waals surface area (Å²) in [5.74, 6) is -1.73. The number of carbonyl (C=O) groups excluding carboxylic acids is 1. The zero-order chi connectivity index (χ0) is 24.1. The Balaban J connectivity index is 1.78. The van der Waals surface area contributed by atoms with Crippen molar-refractivity contribution in [1.29, 1.82) is 0 Å². The molecule has 1 aliphatic rings. The minimum absolute atomic E-state index is 0.191.